The number of ether oxygens (including phenoxy) is 2. The summed E-state index contributed by atoms with van der Waals surface area (Å²) in [6.45, 7) is 6.27. The van der Waals surface area contributed by atoms with Gasteiger partial charge < -0.3 is 24.8 Å². The Labute approximate surface area is 363 Å². The van der Waals surface area contributed by atoms with E-state index in [0.717, 1.165) is 83.2 Å². The molecule has 320 valence electrons. The van der Waals surface area contributed by atoms with Crippen LogP contribution in [-0.2, 0) is 43.9 Å². The third-order valence-corrected chi connectivity index (χ3v) is 12.9. The number of carbonyl (C=O) groups excluding carboxylic acids is 1. The molecule has 3 N–H and O–H groups in total. The number of benzene rings is 5. The molecule has 0 radical (unpaired) electrons. The smallest absolute Gasteiger partial charge is 0.241 e. The van der Waals surface area contributed by atoms with E-state index in [-0.39, 0.29) is 36.7 Å². The summed E-state index contributed by atoms with van der Waals surface area (Å²) in [5.74, 6) is 0.338. The number of rotatable bonds is 15. The average Bonchev–Trinajstić information content (AvgIpc) is 3.31. The van der Waals surface area contributed by atoms with E-state index in [1.807, 2.05) is 104 Å². The number of hydrogen-bond acceptors (Lipinski definition) is 10. The second kappa shape index (κ2) is 19.9. The predicted octanol–water partition coefficient (Wildman–Crippen LogP) is 6.52. The minimum absolute atomic E-state index is 0.0157. The monoisotopic (exact) mass is 852 g/mol. The third kappa shape index (κ3) is 11.0. The SMILES string of the molecule is Cc1ccc(S(=O)(=O)NC(Cc2ccccc2)C(=O)NCc2cccc(-c3ccc(C4OC(CN5CCN(c6ncccn6)CC5)CC(c5ccc(CO)cc5)O4)cc3)c2)cc1. The molecule has 4 atom stereocenters. The first kappa shape index (κ1) is 42.9. The Hall–Kier alpha value is -5.80. The number of piperazine rings is 1. The molecular weight excluding hydrogens is 801 g/mol. The number of amides is 1. The zero-order valence-electron chi connectivity index (χ0n) is 34.7. The quantitative estimate of drug-likeness (QED) is 0.104. The lowest BCUT2D eigenvalue weighted by atomic mass is 9.98. The number of aliphatic hydroxyl groups is 1. The van der Waals surface area contributed by atoms with Crippen molar-refractivity contribution in [3.63, 3.8) is 0 Å². The molecule has 2 aliphatic heterocycles. The summed E-state index contributed by atoms with van der Waals surface area (Å²) in [6.07, 6.45) is 3.59. The lowest BCUT2D eigenvalue weighted by molar-refractivity contribution is -0.253. The van der Waals surface area contributed by atoms with Gasteiger partial charge in [-0.1, -0.05) is 115 Å². The first-order valence-corrected chi connectivity index (χ1v) is 22.5. The number of nitrogens with one attached hydrogen (secondary N) is 2. The predicted molar refractivity (Wildman–Crippen MR) is 238 cm³/mol. The second-order valence-corrected chi connectivity index (χ2v) is 17.6. The van der Waals surface area contributed by atoms with Crippen LogP contribution in [0.4, 0.5) is 5.95 Å². The molecule has 2 fully saturated rings. The van der Waals surface area contributed by atoms with E-state index >= 15 is 0 Å². The molecule has 12 nitrogen and oxygen atoms in total. The summed E-state index contributed by atoms with van der Waals surface area (Å²) in [7, 11) is -3.96. The number of sulfonamides is 1. The maximum absolute atomic E-state index is 13.7. The van der Waals surface area contributed by atoms with E-state index in [1.165, 1.54) is 0 Å². The van der Waals surface area contributed by atoms with Gasteiger partial charge in [0.1, 0.15) is 6.04 Å². The van der Waals surface area contributed by atoms with Crippen molar-refractivity contribution in [3.8, 4) is 11.1 Å². The van der Waals surface area contributed by atoms with Crippen molar-refractivity contribution in [1.29, 1.82) is 0 Å². The Morgan fingerprint density at radius 2 is 1.45 bits per heavy atom. The van der Waals surface area contributed by atoms with Gasteiger partial charge in [-0.2, -0.15) is 4.72 Å². The van der Waals surface area contributed by atoms with E-state index in [0.29, 0.717) is 6.42 Å². The summed E-state index contributed by atoms with van der Waals surface area (Å²) < 4.78 is 42.8. The highest BCUT2D eigenvalue weighted by molar-refractivity contribution is 7.89. The first-order chi connectivity index (χ1) is 30.2. The second-order valence-electron chi connectivity index (χ2n) is 15.9. The fourth-order valence-corrected chi connectivity index (χ4v) is 9.12. The highest BCUT2D eigenvalue weighted by Crippen LogP contribution is 2.39. The highest BCUT2D eigenvalue weighted by atomic mass is 32.2. The Bertz CT molecular complexity index is 2490. The highest BCUT2D eigenvalue weighted by Gasteiger charge is 2.34. The molecule has 0 spiro atoms. The maximum atomic E-state index is 13.7. The number of aryl methyl sites for hydroxylation is 1. The molecule has 8 rings (SSSR count). The van der Waals surface area contributed by atoms with Gasteiger partial charge in [0.2, 0.25) is 21.9 Å². The average molecular weight is 853 g/mol. The molecule has 0 aliphatic carbocycles. The Morgan fingerprint density at radius 3 is 2.16 bits per heavy atom. The van der Waals surface area contributed by atoms with Gasteiger partial charge in [0.05, 0.1) is 23.7 Å². The van der Waals surface area contributed by atoms with Gasteiger partial charge in [-0.15, -0.1) is 0 Å². The van der Waals surface area contributed by atoms with Crippen molar-refractivity contribution in [2.75, 3.05) is 37.6 Å². The standard InChI is InChI=1S/C49H52N6O6S/c1-35-11-21-44(22-12-35)62(58,59)53-45(30-36-7-3-2-4-8-36)47(57)52-32-38-9-5-10-42(29-38)39-17-19-41(20-18-39)48-60-43(31-46(61-48)40-15-13-37(34-56)14-16-40)33-54-25-27-55(28-26-54)49-50-23-6-24-51-49/h2-24,29,43,45-46,48,53,56H,25-28,30-34H2,1H3,(H,52,57). The normalized spacial score (nSPS) is 18.9. The van der Waals surface area contributed by atoms with Crippen molar-refractivity contribution in [3.05, 3.63) is 179 Å². The van der Waals surface area contributed by atoms with Gasteiger partial charge in [-0.25, -0.2) is 18.4 Å². The summed E-state index contributed by atoms with van der Waals surface area (Å²) in [5, 5.41) is 12.6. The number of hydrogen-bond donors (Lipinski definition) is 3. The fourth-order valence-electron chi connectivity index (χ4n) is 7.92. The molecule has 4 unspecified atom stereocenters. The summed E-state index contributed by atoms with van der Waals surface area (Å²) in [6, 6.07) is 40.8. The third-order valence-electron chi connectivity index (χ3n) is 11.4. The van der Waals surface area contributed by atoms with Gasteiger partial charge >= 0.3 is 0 Å². The fraction of sp³-hybridized carbons (Fsp3) is 0.286. The summed E-state index contributed by atoms with van der Waals surface area (Å²) in [5.41, 5.74) is 7.40. The summed E-state index contributed by atoms with van der Waals surface area (Å²) >= 11 is 0. The van der Waals surface area contributed by atoms with Crippen LogP contribution < -0.4 is 14.9 Å². The molecule has 3 heterocycles. The summed E-state index contributed by atoms with van der Waals surface area (Å²) in [4.78, 5) is 27.3. The maximum Gasteiger partial charge on any atom is 0.241 e. The van der Waals surface area contributed by atoms with E-state index in [2.05, 4.69) is 41.9 Å². The van der Waals surface area contributed by atoms with Crippen molar-refractivity contribution in [2.45, 2.75) is 62.4 Å². The lowest BCUT2D eigenvalue weighted by Crippen LogP contribution is -2.50. The lowest BCUT2D eigenvalue weighted by Gasteiger charge is -2.40. The zero-order valence-corrected chi connectivity index (χ0v) is 35.5. The van der Waals surface area contributed by atoms with Crippen LogP contribution >= 0.6 is 0 Å². The van der Waals surface area contributed by atoms with Crippen molar-refractivity contribution in [1.82, 2.24) is 24.9 Å². The van der Waals surface area contributed by atoms with E-state index in [4.69, 9.17) is 9.47 Å². The van der Waals surface area contributed by atoms with E-state index in [1.54, 1.807) is 36.7 Å². The Morgan fingerprint density at radius 1 is 0.758 bits per heavy atom. The molecule has 13 heteroatoms. The number of aliphatic hydroxyl groups excluding tert-OH is 1. The number of carbonyl (C=O) groups is 1. The van der Waals surface area contributed by atoms with Crippen LogP contribution in [0.5, 0.6) is 0 Å². The topological polar surface area (TPSA) is 146 Å². The largest absolute Gasteiger partial charge is 0.392 e. The van der Waals surface area contributed by atoms with Crippen LogP contribution in [0, 0.1) is 6.92 Å². The van der Waals surface area contributed by atoms with Crippen LogP contribution in [0.3, 0.4) is 0 Å². The molecule has 6 aromatic rings. The van der Waals surface area contributed by atoms with E-state index < -0.39 is 28.3 Å². The van der Waals surface area contributed by atoms with Crippen molar-refractivity contribution >= 4 is 21.9 Å². The molecule has 0 bridgehead atoms. The van der Waals surface area contributed by atoms with Crippen LogP contribution in [0.25, 0.3) is 11.1 Å². The van der Waals surface area contributed by atoms with Crippen molar-refractivity contribution in [2.24, 2.45) is 0 Å². The van der Waals surface area contributed by atoms with Crippen LogP contribution in [0.15, 0.2) is 151 Å². The van der Waals surface area contributed by atoms with Crippen molar-refractivity contribution < 1.29 is 27.8 Å². The van der Waals surface area contributed by atoms with Crippen LogP contribution in [0.2, 0.25) is 0 Å². The van der Waals surface area contributed by atoms with Crippen LogP contribution in [0.1, 0.15) is 52.2 Å². The van der Waals surface area contributed by atoms with Gasteiger partial charge in [0.15, 0.2) is 6.29 Å². The molecule has 2 aliphatic rings. The molecule has 0 saturated carbocycles. The molecule has 1 amide bonds. The zero-order chi connectivity index (χ0) is 42.9. The molecule has 62 heavy (non-hydrogen) atoms. The number of aromatic nitrogens is 2. The van der Waals surface area contributed by atoms with Crippen LogP contribution in [-0.4, -0.2) is 79.2 Å². The Balaban J connectivity index is 0.933. The minimum Gasteiger partial charge on any atom is -0.392 e. The van der Waals surface area contributed by atoms with Gasteiger partial charge in [-0.05, 0) is 71.0 Å². The molecule has 2 saturated heterocycles. The van der Waals surface area contributed by atoms with Gasteiger partial charge in [0.25, 0.3) is 0 Å². The first-order valence-electron chi connectivity index (χ1n) is 21.0. The number of nitrogens with zero attached hydrogens (tertiary/aromatic N) is 4. The van der Waals surface area contributed by atoms with Gasteiger partial charge in [0, 0.05) is 63.6 Å². The van der Waals surface area contributed by atoms with Gasteiger partial charge in [-0.3, -0.25) is 9.69 Å². The molecular formula is C49H52N6O6S. The van der Waals surface area contributed by atoms with E-state index in [9.17, 15) is 18.3 Å². The Kier molecular flexibility index (Phi) is 13.8. The number of anilines is 1. The minimum atomic E-state index is -3.96. The molecule has 1 aromatic heterocycles. The molecule has 5 aromatic carbocycles.